The lowest BCUT2D eigenvalue weighted by molar-refractivity contribution is -0.140. The average Bonchev–Trinajstić information content (AvgIpc) is 2.93. The second-order valence-electron chi connectivity index (χ2n) is 8.97. The molecule has 0 bridgehead atoms. The first kappa shape index (κ1) is 29.6. The minimum Gasteiger partial charge on any atom is -0.495 e. The van der Waals surface area contributed by atoms with Gasteiger partial charge in [-0.3, -0.25) is 13.9 Å². The van der Waals surface area contributed by atoms with Crippen LogP contribution in [0.1, 0.15) is 31.4 Å². The SMILES string of the molecule is CCNC(=O)[C@@H](CC)N(Cc1ccc(F)cc1)C(=O)CN(c1cc(C)ccc1OC)S(=O)(=O)c1ccccc1. The average molecular weight is 556 g/mol. The van der Waals surface area contributed by atoms with Crippen LogP contribution in [0, 0.1) is 12.7 Å². The van der Waals surface area contributed by atoms with Gasteiger partial charge in [0.05, 0.1) is 17.7 Å². The monoisotopic (exact) mass is 555 g/mol. The summed E-state index contributed by atoms with van der Waals surface area (Å²) in [5, 5.41) is 2.75. The molecule has 3 aromatic carbocycles. The number of methoxy groups -OCH3 is 1. The zero-order valence-corrected chi connectivity index (χ0v) is 23.4. The van der Waals surface area contributed by atoms with Crippen LogP contribution in [-0.2, 0) is 26.2 Å². The van der Waals surface area contributed by atoms with Crippen molar-refractivity contribution < 1.29 is 27.1 Å². The van der Waals surface area contributed by atoms with Crippen molar-refractivity contribution in [1.82, 2.24) is 10.2 Å². The molecule has 0 heterocycles. The minimum absolute atomic E-state index is 0.00205. The van der Waals surface area contributed by atoms with E-state index in [0.29, 0.717) is 12.1 Å². The van der Waals surface area contributed by atoms with Crippen molar-refractivity contribution in [2.75, 3.05) is 24.5 Å². The maximum atomic E-state index is 14.0. The van der Waals surface area contributed by atoms with Gasteiger partial charge in [-0.05, 0) is 67.8 Å². The molecule has 3 aromatic rings. The summed E-state index contributed by atoms with van der Waals surface area (Å²) >= 11 is 0. The molecule has 0 saturated carbocycles. The third kappa shape index (κ3) is 7.14. The van der Waals surface area contributed by atoms with Gasteiger partial charge in [-0.25, -0.2) is 12.8 Å². The number of hydrogen-bond donors (Lipinski definition) is 1. The van der Waals surface area contributed by atoms with Gasteiger partial charge in [0.25, 0.3) is 10.0 Å². The highest BCUT2D eigenvalue weighted by atomic mass is 32.2. The second kappa shape index (κ2) is 13.2. The predicted molar refractivity (Wildman–Crippen MR) is 148 cm³/mol. The summed E-state index contributed by atoms with van der Waals surface area (Å²) in [5.74, 6) is -1.12. The fourth-order valence-corrected chi connectivity index (χ4v) is 5.66. The first-order valence-corrected chi connectivity index (χ1v) is 14.1. The number of halogens is 1. The molecule has 0 aliphatic rings. The third-order valence-electron chi connectivity index (χ3n) is 6.22. The number of likely N-dealkylation sites (N-methyl/N-ethyl adjacent to an activating group) is 1. The number of nitrogens with one attached hydrogen (secondary N) is 1. The molecule has 10 heteroatoms. The van der Waals surface area contributed by atoms with E-state index in [0.717, 1.165) is 9.87 Å². The van der Waals surface area contributed by atoms with Crippen LogP contribution in [-0.4, -0.2) is 51.4 Å². The zero-order chi connectivity index (χ0) is 28.6. The lowest BCUT2D eigenvalue weighted by atomic mass is 10.1. The Balaban J connectivity index is 2.11. The molecule has 1 atom stereocenters. The molecule has 8 nitrogen and oxygen atoms in total. The largest absolute Gasteiger partial charge is 0.495 e. The third-order valence-corrected chi connectivity index (χ3v) is 7.99. The van der Waals surface area contributed by atoms with Crippen LogP contribution in [0.15, 0.2) is 77.7 Å². The van der Waals surface area contributed by atoms with Gasteiger partial charge in [0.1, 0.15) is 24.2 Å². The van der Waals surface area contributed by atoms with Crippen molar-refractivity contribution in [3.8, 4) is 5.75 Å². The van der Waals surface area contributed by atoms with E-state index in [1.54, 1.807) is 57.2 Å². The first-order chi connectivity index (χ1) is 18.6. The van der Waals surface area contributed by atoms with Crippen LogP contribution in [0.3, 0.4) is 0 Å². The first-order valence-electron chi connectivity index (χ1n) is 12.7. The number of benzene rings is 3. The summed E-state index contributed by atoms with van der Waals surface area (Å²) in [5.41, 5.74) is 1.56. The molecular weight excluding hydrogens is 521 g/mol. The Morgan fingerprint density at radius 1 is 1.00 bits per heavy atom. The highest BCUT2D eigenvalue weighted by Crippen LogP contribution is 2.33. The van der Waals surface area contributed by atoms with Gasteiger partial charge >= 0.3 is 0 Å². The summed E-state index contributed by atoms with van der Waals surface area (Å²) in [6, 6.07) is 17.6. The van der Waals surface area contributed by atoms with E-state index in [2.05, 4.69) is 5.32 Å². The molecule has 208 valence electrons. The Hall–Kier alpha value is -3.92. The number of anilines is 1. The van der Waals surface area contributed by atoms with Crippen molar-refractivity contribution >= 4 is 27.5 Å². The molecule has 0 radical (unpaired) electrons. The van der Waals surface area contributed by atoms with Crippen LogP contribution in [0.4, 0.5) is 10.1 Å². The fraction of sp³-hybridized carbons (Fsp3) is 0.310. The van der Waals surface area contributed by atoms with Crippen molar-refractivity contribution in [3.05, 3.63) is 89.7 Å². The van der Waals surface area contributed by atoms with Crippen LogP contribution in [0.5, 0.6) is 5.75 Å². The number of sulfonamides is 1. The lowest BCUT2D eigenvalue weighted by Gasteiger charge is -2.33. The van der Waals surface area contributed by atoms with E-state index in [9.17, 15) is 22.4 Å². The standard InChI is InChI=1S/C29H34FN3O5S/c1-5-25(29(35)31-6-2)32(19-22-13-15-23(30)16-14-22)28(34)20-33(26-18-21(3)12-17-27(26)38-4)39(36,37)24-10-8-7-9-11-24/h7-18,25H,5-6,19-20H2,1-4H3,(H,31,35)/t25-/m1/s1. The highest BCUT2D eigenvalue weighted by Gasteiger charge is 2.34. The Kier molecular flexibility index (Phi) is 10.1. The minimum atomic E-state index is -4.22. The lowest BCUT2D eigenvalue weighted by Crippen LogP contribution is -2.52. The van der Waals surface area contributed by atoms with E-state index in [1.165, 1.54) is 48.4 Å². The molecule has 0 aromatic heterocycles. The van der Waals surface area contributed by atoms with Crippen LogP contribution >= 0.6 is 0 Å². The molecule has 0 spiro atoms. The van der Waals surface area contributed by atoms with Crippen molar-refractivity contribution in [2.45, 2.75) is 44.7 Å². The summed E-state index contributed by atoms with van der Waals surface area (Å²) in [6.07, 6.45) is 0.290. The maximum absolute atomic E-state index is 14.0. The van der Waals surface area contributed by atoms with E-state index in [-0.39, 0.29) is 35.2 Å². The zero-order valence-electron chi connectivity index (χ0n) is 22.6. The Labute approximate surface area is 229 Å². The summed E-state index contributed by atoms with van der Waals surface area (Å²) in [4.78, 5) is 28.3. The molecule has 0 aliphatic carbocycles. The van der Waals surface area contributed by atoms with Crippen LogP contribution in [0.25, 0.3) is 0 Å². The summed E-state index contributed by atoms with van der Waals surface area (Å²) < 4.78 is 47.9. The molecule has 0 unspecified atom stereocenters. The number of nitrogens with zero attached hydrogens (tertiary/aromatic N) is 2. The van der Waals surface area contributed by atoms with Crippen molar-refractivity contribution in [2.24, 2.45) is 0 Å². The van der Waals surface area contributed by atoms with Gasteiger partial charge < -0.3 is 15.0 Å². The molecule has 0 saturated heterocycles. The fourth-order valence-electron chi connectivity index (χ4n) is 4.23. The van der Waals surface area contributed by atoms with Gasteiger partial charge in [-0.1, -0.05) is 43.3 Å². The van der Waals surface area contributed by atoms with E-state index < -0.39 is 34.3 Å². The number of ether oxygens (including phenoxy) is 1. The number of hydrogen-bond acceptors (Lipinski definition) is 5. The summed E-state index contributed by atoms with van der Waals surface area (Å²) in [7, 11) is -2.79. The highest BCUT2D eigenvalue weighted by molar-refractivity contribution is 7.92. The molecular formula is C29H34FN3O5S. The number of rotatable bonds is 12. The molecule has 0 fully saturated rings. The van der Waals surface area contributed by atoms with Crippen molar-refractivity contribution in [3.63, 3.8) is 0 Å². The smallest absolute Gasteiger partial charge is 0.264 e. The Morgan fingerprint density at radius 2 is 1.67 bits per heavy atom. The second-order valence-corrected chi connectivity index (χ2v) is 10.8. The normalized spacial score (nSPS) is 11.9. The van der Waals surface area contributed by atoms with Gasteiger partial charge in [0.15, 0.2) is 0 Å². The Bertz CT molecular complexity index is 1380. The molecule has 3 rings (SSSR count). The molecule has 2 amide bonds. The molecule has 1 N–H and O–H groups in total. The van der Waals surface area contributed by atoms with Crippen molar-refractivity contribution in [1.29, 1.82) is 0 Å². The van der Waals surface area contributed by atoms with E-state index >= 15 is 0 Å². The Morgan fingerprint density at radius 3 is 2.26 bits per heavy atom. The van der Waals surface area contributed by atoms with Gasteiger partial charge in [-0.15, -0.1) is 0 Å². The van der Waals surface area contributed by atoms with E-state index in [4.69, 9.17) is 4.74 Å². The molecule has 39 heavy (non-hydrogen) atoms. The number of amides is 2. The van der Waals surface area contributed by atoms with Crippen LogP contribution < -0.4 is 14.4 Å². The van der Waals surface area contributed by atoms with Gasteiger partial charge in [-0.2, -0.15) is 0 Å². The summed E-state index contributed by atoms with van der Waals surface area (Å²) in [6.45, 7) is 5.11. The number of carbonyl (C=O) groups is 2. The van der Waals surface area contributed by atoms with Crippen LogP contribution in [0.2, 0.25) is 0 Å². The number of carbonyl (C=O) groups excluding carboxylic acids is 2. The van der Waals surface area contributed by atoms with Gasteiger partial charge in [0, 0.05) is 13.1 Å². The molecule has 0 aliphatic heterocycles. The topological polar surface area (TPSA) is 96.0 Å². The maximum Gasteiger partial charge on any atom is 0.264 e. The predicted octanol–water partition coefficient (Wildman–Crippen LogP) is 4.28. The quantitative estimate of drug-likeness (QED) is 0.360. The number of aryl methyl sites for hydroxylation is 1. The van der Waals surface area contributed by atoms with Gasteiger partial charge in [0.2, 0.25) is 11.8 Å². The van der Waals surface area contributed by atoms with E-state index in [1.807, 2.05) is 0 Å².